The molecule has 2 saturated heterocycles. The Labute approximate surface area is 240 Å². The summed E-state index contributed by atoms with van der Waals surface area (Å²) in [6.07, 6.45) is 0. The number of benzene rings is 2. The molecule has 0 spiro atoms. The number of carbonyl (C=O) groups excluding carboxylic acids is 5. The van der Waals surface area contributed by atoms with Gasteiger partial charge in [0.2, 0.25) is 23.6 Å². The van der Waals surface area contributed by atoms with Crippen molar-refractivity contribution in [3.8, 4) is 0 Å². The van der Waals surface area contributed by atoms with Crippen molar-refractivity contribution in [2.24, 2.45) is 29.1 Å². The molecule has 3 aliphatic carbocycles. The van der Waals surface area contributed by atoms with Gasteiger partial charge in [-0.2, -0.15) is 0 Å². The number of likely N-dealkylation sites (tertiary alicyclic amines) is 2. The minimum absolute atomic E-state index is 0.0653. The molecule has 40 heavy (non-hydrogen) atoms. The van der Waals surface area contributed by atoms with E-state index in [4.69, 9.17) is 4.74 Å². The van der Waals surface area contributed by atoms with E-state index in [1.54, 1.807) is 20.8 Å². The maximum atomic E-state index is 14.2. The van der Waals surface area contributed by atoms with Crippen LogP contribution in [-0.2, 0) is 41.8 Å². The quantitative estimate of drug-likeness (QED) is 0.283. The molecule has 1 saturated carbocycles. The van der Waals surface area contributed by atoms with Gasteiger partial charge in [0.15, 0.2) is 0 Å². The van der Waals surface area contributed by atoms with Gasteiger partial charge in [-0.3, -0.25) is 29.0 Å². The highest BCUT2D eigenvalue weighted by molar-refractivity contribution is 9.10. The van der Waals surface area contributed by atoms with E-state index in [-0.39, 0.29) is 25.3 Å². The fourth-order valence-electron chi connectivity index (χ4n) is 7.69. The lowest BCUT2D eigenvalue weighted by atomic mass is 9.43. The zero-order chi connectivity index (χ0) is 28.6. The average Bonchev–Trinajstić information content (AvgIpc) is 3.35. The SMILES string of the molecule is CCOC(=O)C1=C(C)C2(Br)C3C(=O)N(Cc4ccccc4)C(=O)C3C1(C)C1C(=O)N(Cc3ccccc3)C(=O)C12. The molecule has 2 bridgehead atoms. The third-order valence-electron chi connectivity index (χ3n) is 9.33. The molecule has 5 aliphatic rings. The fourth-order valence-corrected chi connectivity index (χ4v) is 8.81. The van der Waals surface area contributed by atoms with Gasteiger partial charge in [0.05, 0.1) is 47.7 Å². The fraction of sp³-hybridized carbons (Fsp3) is 0.387. The summed E-state index contributed by atoms with van der Waals surface area (Å²) in [4.78, 5) is 72.5. The van der Waals surface area contributed by atoms with Crippen LogP contribution in [-0.4, -0.2) is 50.3 Å². The molecule has 7 rings (SSSR count). The highest BCUT2D eigenvalue weighted by Gasteiger charge is 2.81. The standard InChI is InChI=1S/C31H29BrN2O6/c1-4-40-29(39)20-17(2)31(32)23-21(25(35)33(27(23)37)15-18-11-7-5-8-12-18)30(20,3)22-24(31)28(38)34(26(22)36)16-19-13-9-6-10-14-19/h5-14,21-24H,4,15-16H2,1-3H3. The number of ether oxygens (including phenoxy) is 1. The maximum absolute atomic E-state index is 14.2. The van der Waals surface area contributed by atoms with E-state index in [1.165, 1.54) is 9.80 Å². The number of allylic oxidation sites excluding steroid dienone is 1. The molecule has 0 radical (unpaired) electrons. The Bertz CT molecular complexity index is 1400. The molecule has 206 valence electrons. The Morgan fingerprint density at radius 2 is 1.18 bits per heavy atom. The number of hydrogen-bond acceptors (Lipinski definition) is 6. The Morgan fingerprint density at radius 1 is 0.775 bits per heavy atom. The van der Waals surface area contributed by atoms with E-state index < -0.39 is 63.0 Å². The van der Waals surface area contributed by atoms with E-state index in [2.05, 4.69) is 15.9 Å². The summed E-state index contributed by atoms with van der Waals surface area (Å²) in [7, 11) is 0. The summed E-state index contributed by atoms with van der Waals surface area (Å²) < 4.78 is 4.04. The van der Waals surface area contributed by atoms with Gasteiger partial charge in [0.1, 0.15) is 0 Å². The topological polar surface area (TPSA) is 101 Å². The zero-order valence-electron chi connectivity index (χ0n) is 22.4. The molecule has 4 atom stereocenters. The summed E-state index contributed by atoms with van der Waals surface area (Å²) in [5.41, 5.74) is 0.819. The van der Waals surface area contributed by atoms with Gasteiger partial charge < -0.3 is 4.74 Å². The van der Waals surface area contributed by atoms with Gasteiger partial charge in [-0.25, -0.2) is 4.79 Å². The van der Waals surface area contributed by atoms with Gasteiger partial charge >= 0.3 is 5.97 Å². The minimum Gasteiger partial charge on any atom is -0.463 e. The average molecular weight is 605 g/mol. The van der Waals surface area contributed by atoms with Gasteiger partial charge in [0, 0.05) is 11.0 Å². The number of nitrogens with zero attached hydrogens (tertiary/aromatic N) is 2. The predicted octanol–water partition coefficient (Wildman–Crippen LogP) is 3.64. The van der Waals surface area contributed by atoms with E-state index in [9.17, 15) is 24.0 Å². The molecular formula is C31H29BrN2O6. The second-order valence-corrected chi connectivity index (χ2v) is 12.5. The van der Waals surface area contributed by atoms with Gasteiger partial charge in [-0.05, 0) is 30.5 Å². The summed E-state index contributed by atoms with van der Waals surface area (Å²) >= 11 is 3.79. The van der Waals surface area contributed by atoms with Gasteiger partial charge in [-0.1, -0.05) is 83.5 Å². The number of esters is 1. The first-order valence-electron chi connectivity index (χ1n) is 13.4. The molecule has 0 N–H and O–H groups in total. The van der Waals surface area contributed by atoms with E-state index in [0.29, 0.717) is 5.57 Å². The molecule has 8 nitrogen and oxygen atoms in total. The van der Waals surface area contributed by atoms with E-state index in [0.717, 1.165) is 11.1 Å². The van der Waals surface area contributed by atoms with Crippen LogP contribution in [0.25, 0.3) is 0 Å². The van der Waals surface area contributed by atoms with E-state index in [1.807, 2.05) is 60.7 Å². The molecule has 3 fully saturated rings. The lowest BCUT2D eigenvalue weighted by Crippen LogP contribution is -2.67. The van der Waals surface area contributed by atoms with Crippen LogP contribution in [0, 0.1) is 29.1 Å². The van der Waals surface area contributed by atoms with Crippen molar-refractivity contribution in [1.82, 2.24) is 9.80 Å². The lowest BCUT2D eigenvalue weighted by Gasteiger charge is -2.59. The maximum Gasteiger partial charge on any atom is 0.334 e. The van der Waals surface area contributed by atoms with Crippen LogP contribution >= 0.6 is 15.9 Å². The van der Waals surface area contributed by atoms with Crippen molar-refractivity contribution in [2.45, 2.75) is 38.2 Å². The van der Waals surface area contributed by atoms with Crippen molar-refractivity contribution in [2.75, 3.05) is 6.61 Å². The number of hydrogen-bond donors (Lipinski definition) is 0. The molecule has 2 aromatic carbocycles. The minimum atomic E-state index is -1.42. The predicted molar refractivity (Wildman–Crippen MR) is 147 cm³/mol. The zero-order valence-corrected chi connectivity index (χ0v) is 24.0. The number of rotatable bonds is 6. The number of halogens is 1. The molecule has 2 heterocycles. The third-order valence-corrected chi connectivity index (χ3v) is 10.9. The van der Waals surface area contributed by atoms with Crippen molar-refractivity contribution in [3.63, 3.8) is 0 Å². The summed E-state index contributed by atoms with van der Waals surface area (Å²) in [5, 5.41) is 0. The first kappa shape index (κ1) is 26.6. The van der Waals surface area contributed by atoms with Crippen LogP contribution in [0.2, 0.25) is 0 Å². The Balaban J connectivity index is 1.51. The Hall–Kier alpha value is -3.59. The summed E-state index contributed by atoms with van der Waals surface area (Å²) in [6.45, 7) is 5.32. The molecule has 4 unspecified atom stereocenters. The second-order valence-electron chi connectivity index (χ2n) is 11.2. The largest absolute Gasteiger partial charge is 0.463 e. The van der Waals surface area contributed by atoms with Crippen LogP contribution in [0.3, 0.4) is 0 Å². The van der Waals surface area contributed by atoms with Crippen LogP contribution < -0.4 is 0 Å². The third kappa shape index (κ3) is 3.33. The first-order chi connectivity index (χ1) is 19.1. The molecule has 0 aromatic heterocycles. The first-order valence-corrected chi connectivity index (χ1v) is 14.2. The van der Waals surface area contributed by atoms with Crippen molar-refractivity contribution >= 4 is 45.5 Å². The van der Waals surface area contributed by atoms with Gasteiger partial charge in [0.25, 0.3) is 0 Å². The van der Waals surface area contributed by atoms with Crippen molar-refractivity contribution in [1.29, 1.82) is 0 Å². The Morgan fingerprint density at radius 3 is 1.57 bits per heavy atom. The molecular weight excluding hydrogens is 576 g/mol. The molecule has 2 aliphatic heterocycles. The van der Waals surface area contributed by atoms with Crippen LogP contribution in [0.5, 0.6) is 0 Å². The molecule has 4 amide bonds. The molecule has 2 aromatic rings. The second kappa shape index (κ2) is 9.23. The lowest BCUT2D eigenvalue weighted by molar-refractivity contribution is -0.152. The molecule has 9 heteroatoms. The van der Waals surface area contributed by atoms with Crippen LogP contribution in [0.1, 0.15) is 31.9 Å². The number of carbonyl (C=O) groups is 5. The normalized spacial score (nSPS) is 32.6. The number of alkyl halides is 1. The smallest absolute Gasteiger partial charge is 0.334 e. The summed E-state index contributed by atoms with van der Waals surface area (Å²) in [5.74, 6) is -6.29. The van der Waals surface area contributed by atoms with Crippen LogP contribution in [0.15, 0.2) is 71.8 Å². The van der Waals surface area contributed by atoms with Crippen molar-refractivity contribution < 1.29 is 28.7 Å². The number of amides is 4. The Kier molecular flexibility index (Phi) is 6.14. The van der Waals surface area contributed by atoms with Gasteiger partial charge in [-0.15, -0.1) is 0 Å². The highest BCUT2D eigenvalue weighted by Crippen LogP contribution is 2.72. The highest BCUT2D eigenvalue weighted by atomic mass is 79.9. The summed E-state index contributed by atoms with van der Waals surface area (Å²) in [6, 6.07) is 18.4. The van der Waals surface area contributed by atoms with E-state index >= 15 is 0 Å². The number of imide groups is 2. The van der Waals surface area contributed by atoms with Crippen LogP contribution in [0.4, 0.5) is 0 Å². The van der Waals surface area contributed by atoms with Crippen molar-refractivity contribution in [3.05, 3.63) is 82.9 Å². The monoisotopic (exact) mass is 604 g/mol.